The molecule has 0 radical (unpaired) electrons. The number of aromatic nitrogens is 5. The fourth-order valence-electron chi connectivity index (χ4n) is 3.87. The number of anilines is 3. The van der Waals surface area contributed by atoms with E-state index < -0.39 is 5.97 Å². The third-order valence-corrected chi connectivity index (χ3v) is 5.55. The molecule has 4 heterocycles. The maximum absolute atomic E-state index is 10.9. The van der Waals surface area contributed by atoms with E-state index in [0.29, 0.717) is 37.9 Å². The quantitative estimate of drug-likeness (QED) is 0.460. The number of carboxylic acid groups (broad SMARTS) is 1. The lowest BCUT2D eigenvalue weighted by atomic mass is 10.1. The zero-order valence-corrected chi connectivity index (χ0v) is 17.8. The Morgan fingerprint density at radius 2 is 1.73 bits per heavy atom. The maximum Gasteiger partial charge on any atom is 0.317 e. The molecule has 1 fully saturated rings. The van der Waals surface area contributed by atoms with Crippen molar-refractivity contribution in [2.45, 2.75) is 0 Å². The summed E-state index contributed by atoms with van der Waals surface area (Å²) in [7, 11) is 0. The smallest absolute Gasteiger partial charge is 0.317 e. The molecule has 10 heteroatoms. The topological polar surface area (TPSA) is 120 Å². The van der Waals surface area contributed by atoms with Gasteiger partial charge in [-0.25, -0.2) is 15.0 Å². The van der Waals surface area contributed by atoms with Gasteiger partial charge in [0.2, 0.25) is 5.95 Å². The van der Waals surface area contributed by atoms with Crippen LogP contribution in [0.3, 0.4) is 0 Å². The van der Waals surface area contributed by atoms with E-state index in [1.165, 1.54) is 0 Å². The average Bonchev–Trinajstić information content (AvgIpc) is 2.85. The van der Waals surface area contributed by atoms with Crippen LogP contribution in [0.4, 0.5) is 17.5 Å². The minimum atomic E-state index is -0.800. The van der Waals surface area contributed by atoms with Gasteiger partial charge < -0.3 is 15.3 Å². The largest absolute Gasteiger partial charge is 0.480 e. The van der Waals surface area contributed by atoms with Crippen molar-refractivity contribution in [1.29, 1.82) is 0 Å². The van der Waals surface area contributed by atoms with Gasteiger partial charge in [0.15, 0.2) is 0 Å². The molecular weight excluding hydrogens is 420 g/mol. The molecule has 0 amide bonds. The summed E-state index contributed by atoms with van der Waals surface area (Å²) in [4.78, 5) is 36.8. The summed E-state index contributed by atoms with van der Waals surface area (Å²) in [5.41, 5.74) is 3.63. The molecule has 1 aromatic carbocycles. The van der Waals surface area contributed by atoms with E-state index >= 15 is 0 Å². The highest BCUT2D eigenvalue weighted by molar-refractivity contribution is 5.94. The van der Waals surface area contributed by atoms with Crippen LogP contribution < -0.4 is 10.2 Å². The lowest BCUT2D eigenvalue weighted by molar-refractivity contribution is -0.138. The second-order valence-electron chi connectivity index (χ2n) is 7.73. The van der Waals surface area contributed by atoms with Gasteiger partial charge in [0.05, 0.1) is 23.9 Å². The highest BCUT2D eigenvalue weighted by atomic mass is 16.4. The standard InChI is InChI=1S/C23H22N8O2/c32-22(33)15-30-7-9-31(10-8-30)23-27-12-17(13-28-23)16-1-2-18-19(3-4-25-20(18)11-16)29-21-14-24-5-6-26-21/h1-6,11-14H,7-10,15H2,(H,32,33)(H,25,26,29). The van der Waals surface area contributed by atoms with Crippen LogP contribution >= 0.6 is 0 Å². The Labute approximate surface area is 190 Å². The van der Waals surface area contributed by atoms with Crippen LogP contribution in [0.15, 0.2) is 61.4 Å². The van der Waals surface area contributed by atoms with E-state index in [2.05, 4.69) is 35.1 Å². The second kappa shape index (κ2) is 9.13. The molecule has 1 saturated heterocycles. The van der Waals surface area contributed by atoms with Crippen molar-refractivity contribution >= 4 is 34.3 Å². The van der Waals surface area contributed by atoms with Crippen molar-refractivity contribution in [3.05, 3.63) is 61.4 Å². The molecule has 0 spiro atoms. The Bertz CT molecular complexity index is 1260. The van der Waals surface area contributed by atoms with Crippen molar-refractivity contribution in [2.75, 3.05) is 42.9 Å². The predicted molar refractivity (Wildman–Crippen MR) is 124 cm³/mol. The van der Waals surface area contributed by atoms with E-state index in [0.717, 1.165) is 27.7 Å². The van der Waals surface area contributed by atoms with Crippen LogP contribution in [-0.2, 0) is 4.79 Å². The predicted octanol–water partition coefficient (Wildman–Crippen LogP) is 2.43. The Kier molecular flexibility index (Phi) is 5.73. The molecule has 5 rings (SSSR count). The summed E-state index contributed by atoms with van der Waals surface area (Å²) in [6.07, 6.45) is 10.3. The fourth-order valence-corrected chi connectivity index (χ4v) is 3.87. The zero-order valence-electron chi connectivity index (χ0n) is 17.8. The summed E-state index contributed by atoms with van der Waals surface area (Å²) >= 11 is 0. The number of hydrogen-bond acceptors (Lipinski definition) is 9. The monoisotopic (exact) mass is 442 g/mol. The summed E-state index contributed by atoms with van der Waals surface area (Å²) in [6.45, 7) is 2.83. The molecule has 33 heavy (non-hydrogen) atoms. The summed E-state index contributed by atoms with van der Waals surface area (Å²) in [5, 5.41) is 13.2. The molecule has 0 aliphatic carbocycles. The van der Waals surface area contributed by atoms with Crippen molar-refractivity contribution in [3.8, 4) is 11.1 Å². The molecule has 166 valence electrons. The van der Waals surface area contributed by atoms with Gasteiger partial charge in [-0.3, -0.25) is 19.7 Å². The number of fused-ring (bicyclic) bond motifs is 1. The van der Waals surface area contributed by atoms with Gasteiger partial charge in [0, 0.05) is 68.1 Å². The number of carboxylic acids is 1. The third-order valence-electron chi connectivity index (χ3n) is 5.55. The van der Waals surface area contributed by atoms with Gasteiger partial charge in [-0.2, -0.15) is 0 Å². The number of piperazine rings is 1. The molecule has 1 aliphatic heterocycles. The fraction of sp³-hybridized carbons (Fsp3) is 0.217. The van der Waals surface area contributed by atoms with Crippen LogP contribution in [-0.4, -0.2) is 73.6 Å². The van der Waals surface area contributed by atoms with Gasteiger partial charge in [0.25, 0.3) is 0 Å². The van der Waals surface area contributed by atoms with E-state index in [-0.39, 0.29) is 6.54 Å². The Balaban J connectivity index is 1.32. The number of nitrogens with one attached hydrogen (secondary N) is 1. The second-order valence-corrected chi connectivity index (χ2v) is 7.73. The van der Waals surface area contributed by atoms with Gasteiger partial charge in [-0.1, -0.05) is 12.1 Å². The zero-order chi connectivity index (χ0) is 22.6. The first-order valence-corrected chi connectivity index (χ1v) is 10.6. The number of carbonyl (C=O) groups is 1. The Hall–Kier alpha value is -4.18. The number of pyridine rings is 1. The van der Waals surface area contributed by atoms with Crippen molar-refractivity contribution in [3.63, 3.8) is 0 Å². The normalized spacial score (nSPS) is 14.4. The molecule has 0 saturated carbocycles. The van der Waals surface area contributed by atoms with Crippen LogP contribution in [0.5, 0.6) is 0 Å². The molecule has 2 N–H and O–H groups in total. The molecule has 1 aliphatic rings. The van der Waals surface area contributed by atoms with Crippen LogP contribution in [0.2, 0.25) is 0 Å². The molecule has 0 bridgehead atoms. The summed E-state index contributed by atoms with van der Waals surface area (Å²) in [6, 6.07) is 7.96. The lowest BCUT2D eigenvalue weighted by Gasteiger charge is -2.33. The molecule has 0 unspecified atom stereocenters. The molecule has 10 nitrogen and oxygen atoms in total. The third kappa shape index (κ3) is 4.70. The van der Waals surface area contributed by atoms with Crippen LogP contribution in [0, 0.1) is 0 Å². The Morgan fingerprint density at radius 3 is 2.45 bits per heavy atom. The van der Waals surface area contributed by atoms with Crippen molar-refractivity contribution in [2.24, 2.45) is 0 Å². The summed E-state index contributed by atoms with van der Waals surface area (Å²) in [5.74, 6) is 0.524. The van der Waals surface area contributed by atoms with Gasteiger partial charge in [0.1, 0.15) is 5.82 Å². The highest BCUT2D eigenvalue weighted by Crippen LogP contribution is 2.28. The SMILES string of the molecule is O=C(O)CN1CCN(c2ncc(-c3ccc4c(Nc5cnccn5)ccnc4c3)cn2)CC1. The van der Waals surface area contributed by atoms with Crippen LogP contribution in [0.25, 0.3) is 22.0 Å². The first-order chi connectivity index (χ1) is 16.2. The maximum atomic E-state index is 10.9. The highest BCUT2D eigenvalue weighted by Gasteiger charge is 2.20. The number of nitrogens with zero attached hydrogens (tertiary/aromatic N) is 7. The van der Waals surface area contributed by atoms with Crippen molar-refractivity contribution < 1.29 is 9.90 Å². The minimum absolute atomic E-state index is 0.0691. The van der Waals surface area contributed by atoms with E-state index in [9.17, 15) is 4.79 Å². The number of benzene rings is 1. The average molecular weight is 442 g/mol. The van der Waals surface area contributed by atoms with Gasteiger partial charge in [-0.15, -0.1) is 0 Å². The van der Waals surface area contributed by atoms with Gasteiger partial charge >= 0.3 is 5.97 Å². The molecule has 3 aromatic heterocycles. The minimum Gasteiger partial charge on any atom is -0.480 e. The first kappa shape index (κ1) is 20.7. The van der Waals surface area contributed by atoms with E-state index in [4.69, 9.17) is 5.11 Å². The van der Waals surface area contributed by atoms with Gasteiger partial charge in [-0.05, 0) is 17.7 Å². The van der Waals surface area contributed by atoms with E-state index in [1.807, 2.05) is 41.6 Å². The number of hydrogen-bond donors (Lipinski definition) is 2. The first-order valence-electron chi connectivity index (χ1n) is 10.6. The number of rotatable bonds is 6. The molecular formula is C23H22N8O2. The lowest BCUT2D eigenvalue weighted by Crippen LogP contribution is -2.48. The Morgan fingerprint density at radius 1 is 0.909 bits per heavy atom. The van der Waals surface area contributed by atoms with E-state index in [1.54, 1.807) is 24.8 Å². The number of aliphatic carboxylic acids is 1. The van der Waals surface area contributed by atoms with Crippen molar-refractivity contribution in [1.82, 2.24) is 29.8 Å². The molecule has 0 atom stereocenters. The summed E-state index contributed by atoms with van der Waals surface area (Å²) < 4.78 is 0. The van der Waals surface area contributed by atoms with Crippen LogP contribution in [0.1, 0.15) is 0 Å². The molecule has 4 aromatic rings.